The first-order valence-electron chi connectivity index (χ1n) is 8.13. The van der Waals surface area contributed by atoms with Crippen LogP contribution in [0, 0.1) is 13.8 Å². The minimum Gasteiger partial charge on any atom is -0.356 e. The van der Waals surface area contributed by atoms with Crippen LogP contribution in [-0.2, 0) is 14.3 Å². The van der Waals surface area contributed by atoms with E-state index < -0.39 is 12.1 Å². The van der Waals surface area contributed by atoms with E-state index in [0.717, 1.165) is 16.7 Å². The first-order chi connectivity index (χ1) is 12.0. The van der Waals surface area contributed by atoms with Gasteiger partial charge in [0.1, 0.15) is 12.4 Å². The third kappa shape index (κ3) is 3.69. The molecule has 0 aliphatic carbocycles. The average molecular weight is 339 g/mol. The van der Waals surface area contributed by atoms with Crippen molar-refractivity contribution in [2.75, 3.05) is 19.0 Å². The number of anilines is 1. The van der Waals surface area contributed by atoms with E-state index in [1.807, 2.05) is 44.2 Å². The maximum Gasteiger partial charge on any atom is 0.257 e. The monoisotopic (exact) mass is 339 g/mol. The second-order valence-corrected chi connectivity index (χ2v) is 6.30. The molecule has 1 aromatic carbocycles. The number of nitrogens with one attached hydrogen (secondary N) is 1. The van der Waals surface area contributed by atoms with Crippen LogP contribution >= 0.6 is 0 Å². The highest BCUT2D eigenvalue weighted by molar-refractivity contribution is 5.95. The normalized spacial score (nSPS) is 20.4. The van der Waals surface area contributed by atoms with E-state index in [2.05, 4.69) is 10.3 Å². The number of benzene rings is 1. The maximum absolute atomic E-state index is 12.7. The molecule has 1 fully saturated rings. The van der Waals surface area contributed by atoms with Crippen molar-refractivity contribution in [2.24, 2.45) is 0 Å². The van der Waals surface area contributed by atoms with Gasteiger partial charge in [0.2, 0.25) is 5.91 Å². The Labute approximate surface area is 146 Å². The van der Waals surface area contributed by atoms with Gasteiger partial charge in [0.25, 0.3) is 5.91 Å². The molecule has 2 amide bonds. The maximum atomic E-state index is 12.7. The van der Waals surface area contributed by atoms with Gasteiger partial charge in [-0.25, -0.2) is 4.98 Å². The molecule has 3 rings (SSSR count). The number of likely N-dealkylation sites (N-methyl/N-ethyl adjacent to an activating group) is 1. The SMILES string of the molecule is Cc1ccc([C@H]2[C@H](C(=O)Nc3ccc(C)cn3)OCC(=O)N2C)cc1. The Morgan fingerprint density at radius 2 is 1.84 bits per heavy atom. The predicted molar refractivity (Wildman–Crippen MR) is 94.0 cm³/mol. The number of aromatic nitrogens is 1. The lowest BCUT2D eigenvalue weighted by Gasteiger charge is -2.38. The molecule has 0 saturated carbocycles. The number of ether oxygens (including phenoxy) is 1. The fourth-order valence-corrected chi connectivity index (χ4v) is 2.83. The van der Waals surface area contributed by atoms with Crippen molar-refractivity contribution in [3.8, 4) is 0 Å². The minimum atomic E-state index is -0.798. The number of hydrogen-bond acceptors (Lipinski definition) is 4. The van der Waals surface area contributed by atoms with Crippen molar-refractivity contribution in [1.82, 2.24) is 9.88 Å². The Morgan fingerprint density at radius 1 is 1.16 bits per heavy atom. The summed E-state index contributed by atoms with van der Waals surface area (Å²) in [6.07, 6.45) is 0.887. The van der Waals surface area contributed by atoms with Crippen LogP contribution in [0.2, 0.25) is 0 Å². The van der Waals surface area contributed by atoms with E-state index in [-0.39, 0.29) is 18.4 Å². The molecule has 2 aromatic rings. The summed E-state index contributed by atoms with van der Waals surface area (Å²) in [7, 11) is 1.69. The summed E-state index contributed by atoms with van der Waals surface area (Å²) in [5.41, 5.74) is 2.98. The van der Waals surface area contributed by atoms with Crippen LogP contribution in [0.15, 0.2) is 42.6 Å². The van der Waals surface area contributed by atoms with Crippen LogP contribution in [0.25, 0.3) is 0 Å². The minimum absolute atomic E-state index is 0.113. The largest absolute Gasteiger partial charge is 0.356 e. The standard InChI is InChI=1S/C19H21N3O3/c1-12-4-7-14(8-5-12)17-18(25-11-16(23)22(17)3)19(24)21-15-9-6-13(2)10-20-15/h4-10,17-18H,11H2,1-3H3,(H,20,21,24)/t17-,18+/m0/s1. The van der Waals surface area contributed by atoms with Gasteiger partial charge in [0.05, 0.1) is 6.04 Å². The zero-order valence-electron chi connectivity index (χ0n) is 14.5. The first kappa shape index (κ1) is 17.1. The van der Waals surface area contributed by atoms with Gasteiger partial charge in [-0.3, -0.25) is 9.59 Å². The number of carbonyl (C=O) groups is 2. The lowest BCUT2D eigenvalue weighted by atomic mass is 9.97. The average Bonchev–Trinajstić information content (AvgIpc) is 2.60. The highest BCUT2D eigenvalue weighted by Gasteiger charge is 2.40. The molecule has 0 bridgehead atoms. The van der Waals surface area contributed by atoms with Crippen LogP contribution in [-0.4, -0.2) is 41.5 Å². The van der Waals surface area contributed by atoms with E-state index in [1.165, 1.54) is 0 Å². The lowest BCUT2D eigenvalue weighted by molar-refractivity contribution is -0.160. The third-order valence-electron chi connectivity index (χ3n) is 4.32. The number of rotatable bonds is 3. The van der Waals surface area contributed by atoms with Gasteiger partial charge in [-0.15, -0.1) is 0 Å². The van der Waals surface area contributed by atoms with Crippen molar-refractivity contribution < 1.29 is 14.3 Å². The molecule has 0 spiro atoms. The summed E-state index contributed by atoms with van der Waals surface area (Å²) in [4.78, 5) is 30.6. The summed E-state index contributed by atoms with van der Waals surface area (Å²) in [6.45, 7) is 3.80. The van der Waals surface area contributed by atoms with E-state index >= 15 is 0 Å². The Balaban J connectivity index is 1.85. The van der Waals surface area contributed by atoms with E-state index in [1.54, 1.807) is 24.2 Å². The van der Waals surface area contributed by atoms with Gasteiger partial charge in [-0.05, 0) is 31.0 Å². The van der Waals surface area contributed by atoms with Gasteiger partial charge >= 0.3 is 0 Å². The zero-order chi connectivity index (χ0) is 18.0. The number of hydrogen-bond donors (Lipinski definition) is 1. The highest BCUT2D eigenvalue weighted by atomic mass is 16.5. The Hall–Kier alpha value is -2.73. The zero-order valence-corrected chi connectivity index (χ0v) is 14.5. The van der Waals surface area contributed by atoms with Crippen LogP contribution in [0.5, 0.6) is 0 Å². The first-order valence-corrected chi connectivity index (χ1v) is 8.13. The number of pyridine rings is 1. The number of carbonyl (C=O) groups excluding carboxylic acids is 2. The van der Waals surface area contributed by atoms with Gasteiger partial charge in [-0.2, -0.15) is 0 Å². The predicted octanol–water partition coefficient (Wildman–Crippen LogP) is 2.24. The molecule has 6 nitrogen and oxygen atoms in total. The second kappa shape index (κ2) is 7.03. The summed E-state index contributed by atoms with van der Waals surface area (Å²) < 4.78 is 5.58. The summed E-state index contributed by atoms with van der Waals surface area (Å²) >= 11 is 0. The quantitative estimate of drug-likeness (QED) is 0.931. The molecule has 0 unspecified atom stereocenters. The Morgan fingerprint density at radius 3 is 2.48 bits per heavy atom. The molecule has 1 saturated heterocycles. The highest BCUT2D eigenvalue weighted by Crippen LogP contribution is 2.30. The summed E-state index contributed by atoms with van der Waals surface area (Å²) in [5, 5.41) is 2.77. The molecule has 1 aromatic heterocycles. The molecule has 6 heteroatoms. The van der Waals surface area contributed by atoms with Gasteiger partial charge < -0.3 is 15.0 Å². The van der Waals surface area contributed by atoms with Crippen molar-refractivity contribution in [1.29, 1.82) is 0 Å². The van der Waals surface area contributed by atoms with Crippen molar-refractivity contribution >= 4 is 17.6 Å². The van der Waals surface area contributed by atoms with Crippen LogP contribution in [0.3, 0.4) is 0 Å². The van der Waals surface area contributed by atoms with Crippen LogP contribution in [0.1, 0.15) is 22.7 Å². The molecule has 1 N–H and O–H groups in total. The van der Waals surface area contributed by atoms with Gasteiger partial charge in [-0.1, -0.05) is 35.9 Å². The van der Waals surface area contributed by atoms with E-state index in [0.29, 0.717) is 5.82 Å². The van der Waals surface area contributed by atoms with Crippen LogP contribution in [0.4, 0.5) is 5.82 Å². The van der Waals surface area contributed by atoms with Crippen molar-refractivity contribution in [2.45, 2.75) is 26.0 Å². The molecule has 2 atom stereocenters. The number of aryl methyl sites for hydroxylation is 2. The Kier molecular flexibility index (Phi) is 4.81. The molecule has 2 heterocycles. The number of morpholine rings is 1. The van der Waals surface area contributed by atoms with Crippen LogP contribution < -0.4 is 5.32 Å². The van der Waals surface area contributed by atoms with Crippen molar-refractivity contribution in [3.63, 3.8) is 0 Å². The smallest absolute Gasteiger partial charge is 0.257 e. The molecular weight excluding hydrogens is 318 g/mol. The summed E-state index contributed by atoms with van der Waals surface area (Å²) in [6, 6.07) is 10.9. The molecule has 0 radical (unpaired) electrons. The Bertz CT molecular complexity index is 772. The van der Waals surface area contributed by atoms with E-state index in [4.69, 9.17) is 4.74 Å². The topological polar surface area (TPSA) is 71.5 Å². The molecule has 1 aliphatic rings. The molecule has 25 heavy (non-hydrogen) atoms. The number of amides is 2. The summed E-state index contributed by atoms with van der Waals surface area (Å²) in [5.74, 6) is -0.00854. The molecule has 1 aliphatic heterocycles. The second-order valence-electron chi connectivity index (χ2n) is 6.30. The fraction of sp³-hybridized carbons (Fsp3) is 0.316. The molecular formula is C19H21N3O3. The lowest BCUT2D eigenvalue weighted by Crippen LogP contribution is -2.51. The number of nitrogens with zero attached hydrogens (tertiary/aromatic N) is 2. The fourth-order valence-electron chi connectivity index (χ4n) is 2.83. The van der Waals surface area contributed by atoms with Gasteiger partial charge in [0, 0.05) is 13.2 Å². The van der Waals surface area contributed by atoms with Gasteiger partial charge in [0.15, 0.2) is 6.10 Å². The van der Waals surface area contributed by atoms with Crippen molar-refractivity contribution in [3.05, 3.63) is 59.3 Å². The van der Waals surface area contributed by atoms with E-state index in [9.17, 15) is 9.59 Å². The third-order valence-corrected chi connectivity index (χ3v) is 4.32. The molecule has 130 valence electrons.